The number of para-hydroxylation sites is 1. The fraction of sp³-hybridized carbons (Fsp3) is 0.111. The standard InChI is InChI=1S/C18H15N3OS/c1-2-21-14-5-3-4-6-16(14)23-17-10-12(7-8-15(17)21)9-13(11-19)18(20)22/h3-10H,2H2,1H3,(H2,20,22). The largest absolute Gasteiger partial charge is 0.365 e. The van der Waals surface area contributed by atoms with Gasteiger partial charge in [0.2, 0.25) is 0 Å². The summed E-state index contributed by atoms with van der Waals surface area (Å²) in [6.45, 7) is 2.98. The molecule has 2 N–H and O–H groups in total. The third-order valence-electron chi connectivity index (χ3n) is 3.66. The highest BCUT2D eigenvalue weighted by molar-refractivity contribution is 7.99. The molecule has 3 rings (SSSR count). The fourth-order valence-corrected chi connectivity index (χ4v) is 3.75. The molecule has 0 fully saturated rings. The van der Waals surface area contributed by atoms with Gasteiger partial charge in [0.15, 0.2) is 0 Å². The minimum atomic E-state index is -0.710. The summed E-state index contributed by atoms with van der Waals surface area (Å²) in [5.74, 6) is -0.710. The van der Waals surface area contributed by atoms with Crippen molar-refractivity contribution in [1.29, 1.82) is 5.26 Å². The lowest BCUT2D eigenvalue weighted by molar-refractivity contribution is -0.114. The molecule has 4 nitrogen and oxygen atoms in total. The van der Waals surface area contributed by atoms with E-state index in [9.17, 15) is 4.79 Å². The lowest BCUT2D eigenvalue weighted by Crippen LogP contribution is -2.19. The highest BCUT2D eigenvalue weighted by atomic mass is 32.2. The first-order chi connectivity index (χ1) is 11.1. The number of amides is 1. The van der Waals surface area contributed by atoms with Crippen LogP contribution in [0.25, 0.3) is 6.08 Å². The Morgan fingerprint density at radius 1 is 1.26 bits per heavy atom. The molecule has 5 heteroatoms. The van der Waals surface area contributed by atoms with Crippen molar-refractivity contribution in [3.05, 3.63) is 53.6 Å². The third-order valence-corrected chi connectivity index (χ3v) is 4.78. The molecule has 0 unspecified atom stereocenters. The molecule has 0 aliphatic carbocycles. The SMILES string of the molecule is CCN1c2ccccc2Sc2cc(C=C(C#N)C(N)=O)ccc21. The second kappa shape index (κ2) is 6.19. The molecule has 0 aromatic heterocycles. The number of benzene rings is 2. The average molecular weight is 321 g/mol. The van der Waals surface area contributed by atoms with Crippen LogP contribution in [-0.2, 0) is 4.79 Å². The van der Waals surface area contributed by atoms with Gasteiger partial charge in [-0.1, -0.05) is 30.0 Å². The first kappa shape index (κ1) is 15.2. The molecule has 1 heterocycles. The fourth-order valence-electron chi connectivity index (χ4n) is 2.61. The van der Waals surface area contributed by atoms with Crippen LogP contribution in [0.15, 0.2) is 57.8 Å². The number of fused-ring (bicyclic) bond motifs is 2. The number of rotatable bonds is 3. The van der Waals surface area contributed by atoms with Gasteiger partial charge in [-0.2, -0.15) is 5.26 Å². The number of nitriles is 1. The number of nitrogens with two attached hydrogens (primary N) is 1. The number of carbonyl (C=O) groups excluding carboxylic acids is 1. The van der Waals surface area contributed by atoms with Gasteiger partial charge in [-0.15, -0.1) is 0 Å². The molecule has 114 valence electrons. The van der Waals surface area contributed by atoms with Gasteiger partial charge < -0.3 is 10.6 Å². The lowest BCUT2D eigenvalue weighted by atomic mass is 10.1. The highest BCUT2D eigenvalue weighted by Gasteiger charge is 2.22. The molecule has 1 aliphatic rings. The van der Waals surface area contributed by atoms with Crippen molar-refractivity contribution < 1.29 is 4.79 Å². The number of carbonyl (C=O) groups is 1. The van der Waals surface area contributed by atoms with Gasteiger partial charge in [0.05, 0.1) is 11.4 Å². The van der Waals surface area contributed by atoms with E-state index >= 15 is 0 Å². The highest BCUT2D eigenvalue weighted by Crippen LogP contribution is 2.48. The quantitative estimate of drug-likeness (QED) is 0.691. The molecule has 0 spiro atoms. The van der Waals surface area contributed by atoms with Gasteiger partial charge in [-0.25, -0.2) is 0 Å². The minimum absolute atomic E-state index is 0.0430. The normalized spacial score (nSPS) is 13.0. The summed E-state index contributed by atoms with van der Waals surface area (Å²) in [4.78, 5) is 15.8. The maximum absolute atomic E-state index is 11.2. The van der Waals surface area contributed by atoms with E-state index in [2.05, 4.69) is 24.0 Å². The van der Waals surface area contributed by atoms with Crippen LogP contribution in [-0.4, -0.2) is 12.5 Å². The van der Waals surface area contributed by atoms with E-state index in [1.54, 1.807) is 11.8 Å². The van der Waals surface area contributed by atoms with Crippen molar-refractivity contribution in [2.45, 2.75) is 16.7 Å². The topological polar surface area (TPSA) is 70.1 Å². The Hall–Kier alpha value is -2.71. The van der Waals surface area contributed by atoms with Gasteiger partial charge in [0.25, 0.3) is 5.91 Å². The third kappa shape index (κ3) is 2.81. The Balaban J connectivity index is 2.06. The van der Waals surface area contributed by atoms with Crippen LogP contribution in [0.4, 0.5) is 11.4 Å². The van der Waals surface area contributed by atoms with Crippen LogP contribution in [0.3, 0.4) is 0 Å². The monoisotopic (exact) mass is 321 g/mol. The van der Waals surface area contributed by atoms with E-state index in [1.165, 1.54) is 16.7 Å². The second-order valence-electron chi connectivity index (χ2n) is 5.08. The van der Waals surface area contributed by atoms with Gasteiger partial charge in [-0.3, -0.25) is 4.79 Å². The molecule has 1 aliphatic heterocycles. The van der Waals surface area contributed by atoms with E-state index in [4.69, 9.17) is 11.0 Å². The van der Waals surface area contributed by atoms with Gasteiger partial charge >= 0.3 is 0 Å². The van der Waals surface area contributed by atoms with Crippen molar-refractivity contribution in [3.63, 3.8) is 0 Å². The maximum Gasteiger partial charge on any atom is 0.259 e. The second-order valence-corrected chi connectivity index (χ2v) is 6.16. The van der Waals surface area contributed by atoms with E-state index in [1.807, 2.05) is 36.4 Å². The van der Waals surface area contributed by atoms with E-state index in [0.29, 0.717) is 0 Å². The van der Waals surface area contributed by atoms with Crippen LogP contribution in [0.2, 0.25) is 0 Å². The Labute approximate surface area is 139 Å². The molecule has 2 aromatic rings. The van der Waals surface area contributed by atoms with Gasteiger partial charge in [0, 0.05) is 16.3 Å². The van der Waals surface area contributed by atoms with Crippen molar-refractivity contribution in [2.75, 3.05) is 11.4 Å². The van der Waals surface area contributed by atoms with Crippen molar-refractivity contribution in [2.24, 2.45) is 5.73 Å². The number of hydrogen-bond donors (Lipinski definition) is 1. The molecular formula is C18H15N3OS. The van der Waals surface area contributed by atoms with Gasteiger partial charge in [-0.05, 0) is 42.8 Å². The molecule has 0 bridgehead atoms. The number of hydrogen-bond acceptors (Lipinski definition) is 4. The Morgan fingerprint density at radius 3 is 2.70 bits per heavy atom. The number of nitrogens with zero attached hydrogens (tertiary/aromatic N) is 2. The average Bonchev–Trinajstić information content (AvgIpc) is 2.57. The van der Waals surface area contributed by atoms with Crippen molar-refractivity contribution >= 4 is 35.1 Å². The van der Waals surface area contributed by atoms with Crippen LogP contribution >= 0.6 is 11.8 Å². The predicted molar refractivity (Wildman–Crippen MR) is 92.5 cm³/mol. The first-order valence-corrected chi connectivity index (χ1v) is 8.05. The van der Waals surface area contributed by atoms with E-state index < -0.39 is 5.91 Å². The number of anilines is 2. The zero-order valence-corrected chi connectivity index (χ0v) is 13.4. The number of primary amides is 1. The van der Waals surface area contributed by atoms with Crippen molar-refractivity contribution in [1.82, 2.24) is 0 Å². The summed E-state index contributed by atoms with van der Waals surface area (Å²) >= 11 is 1.69. The Kier molecular flexibility index (Phi) is 4.09. The molecule has 2 aromatic carbocycles. The molecular weight excluding hydrogens is 306 g/mol. The van der Waals surface area contributed by atoms with Crippen molar-refractivity contribution in [3.8, 4) is 6.07 Å². The zero-order chi connectivity index (χ0) is 16.4. The Morgan fingerprint density at radius 2 is 2.00 bits per heavy atom. The zero-order valence-electron chi connectivity index (χ0n) is 12.6. The smallest absolute Gasteiger partial charge is 0.259 e. The lowest BCUT2D eigenvalue weighted by Gasteiger charge is -2.32. The first-order valence-electron chi connectivity index (χ1n) is 7.24. The molecule has 0 radical (unpaired) electrons. The minimum Gasteiger partial charge on any atom is -0.365 e. The van der Waals surface area contributed by atoms with Crippen LogP contribution in [0, 0.1) is 11.3 Å². The van der Waals surface area contributed by atoms with E-state index in [-0.39, 0.29) is 5.57 Å². The summed E-state index contributed by atoms with van der Waals surface area (Å²) < 4.78 is 0. The molecule has 23 heavy (non-hydrogen) atoms. The Bertz CT molecular complexity index is 852. The van der Waals surface area contributed by atoms with E-state index in [0.717, 1.165) is 22.7 Å². The summed E-state index contributed by atoms with van der Waals surface area (Å²) in [6.07, 6.45) is 1.53. The maximum atomic E-state index is 11.2. The molecule has 0 atom stereocenters. The summed E-state index contributed by atoms with van der Waals surface area (Å²) in [6, 6.07) is 16.0. The molecule has 0 saturated heterocycles. The summed E-state index contributed by atoms with van der Waals surface area (Å²) in [5.41, 5.74) is 8.28. The van der Waals surface area contributed by atoms with Crippen LogP contribution in [0.1, 0.15) is 12.5 Å². The predicted octanol–water partition coefficient (Wildman–Crippen LogP) is 3.70. The molecule has 1 amide bonds. The van der Waals surface area contributed by atoms with Crippen LogP contribution < -0.4 is 10.6 Å². The summed E-state index contributed by atoms with van der Waals surface area (Å²) in [7, 11) is 0. The van der Waals surface area contributed by atoms with Crippen LogP contribution in [0.5, 0.6) is 0 Å². The molecule has 0 saturated carbocycles. The van der Waals surface area contributed by atoms with Gasteiger partial charge in [0.1, 0.15) is 11.6 Å². The summed E-state index contributed by atoms with van der Waals surface area (Å²) in [5, 5.41) is 8.97.